The molecule has 1 atom stereocenters. The van der Waals surface area contributed by atoms with Gasteiger partial charge in [0.1, 0.15) is 10.5 Å². The van der Waals surface area contributed by atoms with Crippen molar-refractivity contribution < 1.29 is 9.53 Å². The van der Waals surface area contributed by atoms with E-state index in [0.29, 0.717) is 0 Å². The predicted molar refractivity (Wildman–Crippen MR) is 76.7 cm³/mol. The molecule has 0 bridgehead atoms. The number of halogens is 1. The fourth-order valence-electron chi connectivity index (χ4n) is 0.983. The number of allylic oxidation sites excluding steroid dienone is 4. The van der Waals surface area contributed by atoms with Crippen LogP contribution in [0.5, 0.6) is 0 Å². The van der Waals surface area contributed by atoms with Gasteiger partial charge in [-0.15, -0.1) is 0 Å². The molecule has 0 N–H and O–H groups in total. The lowest BCUT2D eigenvalue weighted by molar-refractivity contribution is -0.141. The van der Waals surface area contributed by atoms with Crippen LogP contribution in [0, 0.1) is 0 Å². The van der Waals surface area contributed by atoms with Crippen LogP contribution in [0.2, 0.25) is 0 Å². The second-order valence-corrected chi connectivity index (χ2v) is 5.11. The Hall–Kier alpha value is -0.840. The Morgan fingerprint density at radius 3 is 2.38 bits per heavy atom. The Morgan fingerprint density at radius 2 is 1.94 bits per heavy atom. The Morgan fingerprint density at radius 1 is 1.38 bits per heavy atom. The summed E-state index contributed by atoms with van der Waals surface area (Å²) in [6.07, 6.45) is 7.09. The van der Waals surface area contributed by atoms with Crippen LogP contribution in [-0.4, -0.2) is 16.5 Å². The van der Waals surface area contributed by atoms with Gasteiger partial charge in [0.15, 0.2) is 0 Å². The van der Waals surface area contributed by atoms with Crippen molar-refractivity contribution in [2.75, 3.05) is 6.61 Å². The summed E-state index contributed by atoms with van der Waals surface area (Å²) >= 11 is 2.03. The van der Waals surface area contributed by atoms with Gasteiger partial charge in [-0.1, -0.05) is 60.1 Å². The molecule has 0 aromatic carbocycles. The molecule has 16 heavy (non-hydrogen) atoms. The third-order valence-electron chi connectivity index (χ3n) is 1.89. The zero-order valence-corrected chi connectivity index (χ0v) is 11.9. The molecule has 1 unspecified atom stereocenters. The van der Waals surface area contributed by atoms with E-state index in [4.69, 9.17) is 4.74 Å². The van der Waals surface area contributed by atoms with Gasteiger partial charge >= 0.3 is 5.97 Å². The van der Waals surface area contributed by atoms with Crippen molar-refractivity contribution in [2.24, 2.45) is 0 Å². The summed E-state index contributed by atoms with van der Waals surface area (Å²) in [6.45, 7) is 11.3. The maximum absolute atomic E-state index is 11.3. The van der Waals surface area contributed by atoms with Gasteiger partial charge in [-0.05, 0) is 25.0 Å². The maximum Gasteiger partial charge on any atom is 0.318 e. The molecule has 0 aromatic rings. The normalized spacial score (nSPS) is 14.2. The maximum atomic E-state index is 11.3. The average Bonchev–Trinajstić information content (AvgIpc) is 2.23. The molecule has 0 aliphatic heterocycles. The van der Waals surface area contributed by atoms with Crippen molar-refractivity contribution >= 4 is 28.6 Å². The Labute approximate surface area is 111 Å². The van der Waals surface area contributed by atoms with Crippen molar-refractivity contribution in [3.63, 3.8) is 0 Å². The second kappa shape index (κ2) is 8.33. The first-order valence-electron chi connectivity index (χ1n) is 4.95. The standard InChI is InChI=1S/C13H17IO2/c1-5-7-10(3)12(8-6-2)9-16-13(15)11(4)14/h5-8,11H,1-2,9H2,3-4H3/b10-7-,12-8-. The van der Waals surface area contributed by atoms with E-state index in [1.54, 1.807) is 19.1 Å². The monoisotopic (exact) mass is 332 g/mol. The number of carbonyl (C=O) groups is 1. The van der Waals surface area contributed by atoms with E-state index in [1.807, 2.05) is 41.7 Å². The molecule has 0 radical (unpaired) electrons. The molecule has 0 heterocycles. The lowest BCUT2D eigenvalue weighted by Gasteiger charge is -2.09. The first-order chi connectivity index (χ1) is 7.52. The van der Waals surface area contributed by atoms with E-state index in [-0.39, 0.29) is 16.5 Å². The smallest absolute Gasteiger partial charge is 0.318 e. The van der Waals surface area contributed by atoms with Crippen LogP contribution in [0.3, 0.4) is 0 Å². The minimum absolute atomic E-state index is 0.133. The van der Waals surface area contributed by atoms with Crippen LogP contribution in [-0.2, 0) is 9.53 Å². The highest BCUT2D eigenvalue weighted by Gasteiger charge is 2.10. The van der Waals surface area contributed by atoms with Crippen molar-refractivity contribution in [1.82, 2.24) is 0 Å². The van der Waals surface area contributed by atoms with Gasteiger partial charge in [-0.25, -0.2) is 0 Å². The molecule has 0 aliphatic rings. The molecule has 0 aromatic heterocycles. The number of esters is 1. The lowest BCUT2D eigenvalue weighted by atomic mass is 10.1. The van der Waals surface area contributed by atoms with E-state index < -0.39 is 0 Å². The van der Waals surface area contributed by atoms with Gasteiger partial charge in [0, 0.05) is 0 Å². The molecule has 0 saturated carbocycles. The summed E-state index contributed by atoms with van der Waals surface area (Å²) in [4.78, 5) is 11.3. The SMILES string of the molecule is C=C/C=C(C)\C(=C/C=C)COC(=O)C(C)I. The highest BCUT2D eigenvalue weighted by atomic mass is 127. The van der Waals surface area contributed by atoms with Crippen molar-refractivity contribution in [1.29, 1.82) is 0 Å². The fourth-order valence-corrected chi connectivity index (χ4v) is 1.16. The Balaban J connectivity index is 4.54. The lowest BCUT2D eigenvalue weighted by Crippen LogP contribution is -2.15. The molecule has 0 amide bonds. The van der Waals surface area contributed by atoms with Gasteiger partial charge in [0.2, 0.25) is 0 Å². The van der Waals surface area contributed by atoms with E-state index in [0.717, 1.165) is 11.1 Å². The molecule has 88 valence electrons. The van der Waals surface area contributed by atoms with Gasteiger partial charge in [-0.3, -0.25) is 4.79 Å². The van der Waals surface area contributed by atoms with Crippen LogP contribution in [0.25, 0.3) is 0 Å². The Bertz CT molecular complexity index is 325. The second-order valence-electron chi connectivity index (χ2n) is 3.24. The molecule has 0 saturated heterocycles. The summed E-state index contributed by atoms with van der Waals surface area (Å²) < 4.78 is 5.01. The number of hydrogen-bond acceptors (Lipinski definition) is 2. The largest absolute Gasteiger partial charge is 0.460 e. The van der Waals surface area contributed by atoms with Crippen LogP contribution in [0.15, 0.2) is 48.6 Å². The zero-order chi connectivity index (χ0) is 12.6. The van der Waals surface area contributed by atoms with Crippen LogP contribution in [0.1, 0.15) is 13.8 Å². The number of alkyl halides is 1. The van der Waals surface area contributed by atoms with Crippen molar-refractivity contribution in [2.45, 2.75) is 17.8 Å². The third kappa shape index (κ3) is 5.90. The van der Waals surface area contributed by atoms with Gasteiger partial charge in [-0.2, -0.15) is 0 Å². The van der Waals surface area contributed by atoms with E-state index in [2.05, 4.69) is 13.2 Å². The van der Waals surface area contributed by atoms with Crippen molar-refractivity contribution in [3.05, 3.63) is 48.6 Å². The molecule has 0 rings (SSSR count). The highest BCUT2D eigenvalue weighted by molar-refractivity contribution is 14.1. The van der Waals surface area contributed by atoms with Gasteiger partial charge in [0.05, 0.1) is 0 Å². The minimum Gasteiger partial charge on any atom is -0.460 e. The van der Waals surface area contributed by atoms with Gasteiger partial charge in [0.25, 0.3) is 0 Å². The summed E-state index contributed by atoms with van der Waals surface area (Å²) in [5, 5.41) is 0. The van der Waals surface area contributed by atoms with Crippen LogP contribution < -0.4 is 0 Å². The van der Waals surface area contributed by atoms with Crippen LogP contribution >= 0.6 is 22.6 Å². The average molecular weight is 332 g/mol. The molecule has 0 fully saturated rings. The molecule has 2 nitrogen and oxygen atoms in total. The summed E-state index contributed by atoms with van der Waals surface area (Å²) in [5.74, 6) is -0.207. The summed E-state index contributed by atoms with van der Waals surface area (Å²) in [6, 6.07) is 0. The van der Waals surface area contributed by atoms with E-state index in [1.165, 1.54) is 0 Å². The Kier molecular flexibility index (Phi) is 7.89. The zero-order valence-electron chi connectivity index (χ0n) is 9.70. The number of rotatable bonds is 6. The third-order valence-corrected chi connectivity index (χ3v) is 2.40. The van der Waals surface area contributed by atoms with E-state index >= 15 is 0 Å². The topological polar surface area (TPSA) is 26.3 Å². The minimum atomic E-state index is -0.207. The molecular formula is C13H17IO2. The fraction of sp³-hybridized carbons (Fsp3) is 0.308. The molecule has 3 heteroatoms. The quantitative estimate of drug-likeness (QED) is 0.322. The molecular weight excluding hydrogens is 315 g/mol. The first-order valence-corrected chi connectivity index (χ1v) is 6.19. The van der Waals surface area contributed by atoms with Crippen molar-refractivity contribution in [3.8, 4) is 0 Å². The highest BCUT2D eigenvalue weighted by Crippen LogP contribution is 2.11. The first kappa shape index (κ1) is 15.2. The molecule has 0 spiro atoms. The van der Waals surface area contributed by atoms with Gasteiger partial charge < -0.3 is 4.74 Å². The number of carbonyl (C=O) groups excluding carboxylic acids is 1. The van der Waals surface area contributed by atoms with E-state index in [9.17, 15) is 4.79 Å². The number of hydrogen-bond donors (Lipinski definition) is 0. The molecule has 0 aliphatic carbocycles. The summed E-state index contributed by atoms with van der Waals surface area (Å²) in [7, 11) is 0. The summed E-state index contributed by atoms with van der Waals surface area (Å²) in [5.41, 5.74) is 1.95. The van der Waals surface area contributed by atoms with Crippen LogP contribution in [0.4, 0.5) is 0 Å². The number of ether oxygens (including phenoxy) is 1. The predicted octanol–water partition coefficient (Wildman–Crippen LogP) is 3.60.